The summed E-state index contributed by atoms with van der Waals surface area (Å²) in [5, 5.41) is 4.89. The van der Waals surface area contributed by atoms with Crippen LogP contribution >= 0.6 is 11.3 Å². The fraction of sp³-hybridized carbons (Fsp3) is 0.111. The lowest BCUT2D eigenvalue weighted by molar-refractivity contribution is 0.0950. The van der Waals surface area contributed by atoms with Gasteiger partial charge in [-0.05, 0) is 29.6 Å². The van der Waals surface area contributed by atoms with Crippen molar-refractivity contribution in [3.05, 3.63) is 71.2 Å². The molecule has 0 atom stereocenters. The molecule has 0 aliphatic rings. The van der Waals surface area contributed by atoms with Gasteiger partial charge in [0.05, 0.1) is 23.2 Å². The summed E-state index contributed by atoms with van der Waals surface area (Å²) in [5.74, 6) is 0.611. The van der Waals surface area contributed by atoms with E-state index in [1.54, 1.807) is 30.7 Å². The lowest BCUT2D eigenvalue weighted by Crippen LogP contribution is -2.23. The molecule has 116 valence electrons. The molecule has 0 spiro atoms. The highest BCUT2D eigenvalue weighted by Crippen LogP contribution is 2.22. The average molecular weight is 324 g/mol. The Morgan fingerprint density at radius 3 is 2.74 bits per heavy atom. The number of nitrogens with zero attached hydrogens (tertiary/aromatic N) is 1. The molecule has 0 unspecified atom stereocenters. The Kier molecular flexibility index (Phi) is 4.68. The van der Waals surface area contributed by atoms with Crippen LogP contribution in [0.15, 0.2) is 60.1 Å². The quantitative estimate of drug-likeness (QED) is 0.777. The Bertz CT molecular complexity index is 783. The standard InChI is InChI=1S/C18H16N2O2S/c1-22-16-6-3-2-5-13(16)11-20-18(21)14-8-9-15(19-12-14)17-7-4-10-23-17/h2-10,12H,11H2,1H3,(H,20,21). The minimum Gasteiger partial charge on any atom is -0.496 e. The summed E-state index contributed by atoms with van der Waals surface area (Å²) < 4.78 is 5.28. The molecular weight excluding hydrogens is 308 g/mol. The van der Waals surface area contributed by atoms with E-state index in [2.05, 4.69) is 10.3 Å². The lowest BCUT2D eigenvalue weighted by Gasteiger charge is -2.09. The summed E-state index contributed by atoms with van der Waals surface area (Å²) >= 11 is 1.62. The molecule has 0 aliphatic carbocycles. The first-order valence-corrected chi connectivity index (χ1v) is 8.06. The molecule has 0 saturated heterocycles. The van der Waals surface area contributed by atoms with Crippen molar-refractivity contribution in [2.45, 2.75) is 6.54 Å². The van der Waals surface area contributed by atoms with E-state index < -0.39 is 0 Å². The zero-order valence-corrected chi connectivity index (χ0v) is 13.5. The van der Waals surface area contributed by atoms with Crippen molar-refractivity contribution in [1.29, 1.82) is 0 Å². The number of carbonyl (C=O) groups is 1. The van der Waals surface area contributed by atoms with Crippen LogP contribution in [-0.4, -0.2) is 18.0 Å². The monoisotopic (exact) mass is 324 g/mol. The molecule has 2 aromatic heterocycles. The fourth-order valence-corrected chi connectivity index (χ4v) is 2.93. The second-order valence-electron chi connectivity index (χ2n) is 4.90. The van der Waals surface area contributed by atoms with Gasteiger partial charge in [0.25, 0.3) is 5.91 Å². The predicted octanol–water partition coefficient (Wildman–Crippen LogP) is 3.75. The van der Waals surface area contributed by atoms with Gasteiger partial charge in [0, 0.05) is 18.3 Å². The molecule has 0 saturated carbocycles. The van der Waals surface area contributed by atoms with Crippen molar-refractivity contribution in [1.82, 2.24) is 10.3 Å². The fourth-order valence-electron chi connectivity index (χ4n) is 2.22. The molecule has 23 heavy (non-hydrogen) atoms. The van der Waals surface area contributed by atoms with E-state index in [9.17, 15) is 4.79 Å². The third kappa shape index (κ3) is 3.57. The molecular formula is C18H16N2O2S. The number of hydrogen-bond donors (Lipinski definition) is 1. The van der Waals surface area contributed by atoms with E-state index in [1.165, 1.54) is 0 Å². The molecule has 2 heterocycles. The first-order valence-electron chi connectivity index (χ1n) is 7.18. The number of aromatic nitrogens is 1. The topological polar surface area (TPSA) is 51.2 Å². The number of ether oxygens (including phenoxy) is 1. The Balaban J connectivity index is 1.66. The van der Waals surface area contributed by atoms with Gasteiger partial charge in [0.2, 0.25) is 0 Å². The minimum atomic E-state index is -0.152. The van der Waals surface area contributed by atoms with Crippen LogP contribution in [0.5, 0.6) is 5.75 Å². The van der Waals surface area contributed by atoms with Crippen molar-refractivity contribution >= 4 is 17.2 Å². The maximum absolute atomic E-state index is 12.2. The van der Waals surface area contributed by atoms with Crippen molar-refractivity contribution in [2.24, 2.45) is 0 Å². The summed E-state index contributed by atoms with van der Waals surface area (Å²) in [7, 11) is 1.62. The number of hydrogen-bond acceptors (Lipinski definition) is 4. The van der Waals surface area contributed by atoms with Gasteiger partial charge in [0.1, 0.15) is 5.75 Å². The third-order valence-electron chi connectivity index (χ3n) is 3.43. The van der Waals surface area contributed by atoms with Crippen LogP contribution in [0.3, 0.4) is 0 Å². The SMILES string of the molecule is COc1ccccc1CNC(=O)c1ccc(-c2cccs2)nc1. The molecule has 0 radical (unpaired) electrons. The number of nitrogens with one attached hydrogen (secondary N) is 1. The Labute approximate surface area is 138 Å². The number of methoxy groups -OCH3 is 1. The molecule has 1 amide bonds. The normalized spacial score (nSPS) is 10.3. The van der Waals surface area contributed by atoms with E-state index in [4.69, 9.17) is 4.74 Å². The maximum atomic E-state index is 12.2. The molecule has 5 heteroatoms. The Morgan fingerprint density at radius 2 is 2.04 bits per heavy atom. The zero-order valence-electron chi connectivity index (χ0n) is 12.7. The van der Waals surface area contributed by atoms with E-state index in [-0.39, 0.29) is 5.91 Å². The molecule has 1 N–H and O–H groups in total. The van der Waals surface area contributed by atoms with Crippen molar-refractivity contribution in [3.63, 3.8) is 0 Å². The van der Waals surface area contributed by atoms with Crippen LogP contribution in [-0.2, 0) is 6.54 Å². The summed E-state index contributed by atoms with van der Waals surface area (Å²) in [6.07, 6.45) is 1.60. The van der Waals surface area contributed by atoms with Gasteiger partial charge < -0.3 is 10.1 Å². The molecule has 0 fully saturated rings. The van der Waals surface area contributed by atoms with Gasteiger partial charge in [-0.2, -0.15) is 0 Å². The number of carbonyl (C=O) groups excluding carboxylic acids is 1. The number of rotatable bonds is 5. The summed E-state index contributed by atoms with van der Waals surface area (Å²) in [6.45, 7) is 0.412. The third-order valence-corrected chi connectivity index (χ3v) is 4.32. The molecule has 0 bridgehead atoms. The first kappa shape index (κ1) is 15.2. The maximum Gasteiger partial charge on any atom is 0.253 e. The van der Waals surface area contributed by atoms with E-state index in [0.29, 0.717) is 12.1 Å². The number of benzene rings is 1. The van der Waals surface area contributed by atoms with Crippen LogP contribution in [0.4, 0.5) is 0 Å². The number of thiophene rings is 1. The molecule has 4 nitrogen and oxygen atoms in total. The lowest BCUT2D eigenvalue weighted by atomic mass is 10.2. The van der Waals surface area contributed by atoms with Gasteiger partial charge >= 0.3 is 0 Å². The second-order valence-corrected chi connectivity index (χ2v) is 5.85. The van der Waals surface area contributed by atoms with Gasteiger partial charge in [-0.1, -0.05) is 24.3 Å². The summed E-state index contributed by atoms with van der Waals surface area (Å²) in [4.78, 5) is 17.7. The van der Waals surface area contributed by atoms with Gasteiger partial charge in [-0.3, -0.25) is 9.78 Å². The second kappa shape index (κ2) is 7.07. The molecule has 1 aromatic carbocycles. The van der Waals surface area contributed by atoms with Crippen LogP contribution in [0.1, 0.15) is 15.9 Å². The summed E-state index contributed by atoms with van der Waals surface area (Å²) in [5.41, 5.74) is 2.35. The van der Waals surface area contributed by atoms with Crippen molar-refractivity contribution < 1.29 is 9.53 Å². The van der Waals surface area contributed by atoms with Gasteiger partial charge in [-0.25, -0.2) is 0 Å². The Hall–Kier alpha value is -2.66. The number of para-hydroxylation sites is 1. The molecule has 3 aromatic rings. The van der Waals surface area contributed by atoms with Crippen LogP contribution in [0.25, 0.3) is 10.6 Å². The highest BCUT2D eigenvalue weighted by molar-refractivity contribution is 7.13. The smallest absolute Gasteiger partial charge is 0.253 e. The van der Waals surface area contributed by atoms with Crippen LogP contribution in [0.2, 0.25) is 0 Å². The van der Waals surface area contributed by atoms with Crippen LogP contribution < -0.4 is 10.1 Å². The minimum absolute atomic E-state index is 0.152. The Morgan fingerprint density at radius 1 is 1.17 bits per heavy atom. The van der Waals surface area contributed by atoms with Crippen molar-refractivity contribution in [3.8, 4) is 16.3 Å². The highest BCUT2D eigenvalue weighted by atomic mass is 32.1. The number of pyridine rings is 1. The van der Waals surface area contributed by atoms with Crippen molar-refractivity contribution in [2.75, 3.05) is 7.11 Å². The van der Waals surface area contributed by atoms with Crippen LogP contribution in [0, 0.1) is 0 Å². The van der Waals surface area contributed by atoms with E-state index >= 15 is 0 Å². The zero-order chi connectivity index (χ0) is 16.1. The van der Waals surface area contributed by atoms with Gasteiger partial charge in [0.15, 0.2) is 0 Å². The van der Waals surface area contributed by atoms with E-state index in [0.717, 1.165) is 21.9 Å². The highest BCUT2D eigenvalue weighted by Gasteiger charge is 2.09. The largest absolute Gasteiger partial charge is 0.496 e. The molecule has 3 rings (SSSR count). The average Bonchev–Trinajstić information content (AvgIpc) is 3.14. The first-order chi connectivity index (χ1) is 11.3. The van der Waals surface area contributed by atoms with Gasteiger partial charge in [-0.15, -0.1) is 11.3 Å². The summed E-state index contributed by atoms with van der Waals surface area (Å²) in [6, 6.07) is 15.3. The molecule has 0 aliphatic heterocycles. The number of amides is 1. The van der Waals surface area contributed by atoms with E-state index in [1.807, 2.05) is 47.8 Å². The predicted molar refractivity (Wildman–Crippen MR) is 91.7 cm³/mol.